The fourth-order valence-corrected chi connectivity index (χ4v) is 5.22. The summed E-state index contributed by atoms with van der Waals surface area (Å²) in [6.07, 6.45) is 0. The van der Waals surface area contributed by atoms with Crippen LogP contribution in [0.3, 0.4) is 0 Å². The summed E-state index contributed by atoms with van der Waals surface area (Å²) in [6, 6.07) is 6.01. The van der Waals surface area contributed by atoms with Crippen LogP contribution in [0.2, 0.25) is 0 Å². The summed E-state index contributed by atoms with van der Waals surface area (Å²) in [4.78, 5) is 32.7. The van der Waals surface area contributed by atoms with E-state index in [0.29, 0.717) is 21.3 Å². The third-order valence-electron chi connectivity index (χ3n) is 5.29. The molecule has 0 aliphatic heterocycles. The number of thiophene rings is 1. The van der Waals surface area contributed by atoms with Gasteiger partial charge in [-0.3, -0.25) is 19.5 Å². The van der Waals surface area contributed by atoms with Gasteiger partial charge in [0.1, 0.15) is 4.83 Å². The Kier molecular flexibility index (Phi) is 6.40. The molecule has 1 amide bonds. The number of hydrogen-bond acceptors (Lipinski definition) is 8. The van der Waals surface area contributed by atoms with Gasteiger partial charge in [-0.1, -0.05) is 42.8 Å². The highest BCUT2D eigenvalue weighted by atomic mass is 32.2. The van der Waals surface area contributed by atoms with Crippen LogP contribution < -0.4 is 10.9 Å². The number of nitrogens with zero attached hydrogens (tertiary/aromatic N) is 4. The zero-order valence-electron chi connectivity index (χ0n) is 19.3. The highest BCUT2D eigenvalue weighted by molar-refractivity contribution is 7.99. The van der Waals surface area contributed by atoms with Crippen molar-refractivity contribution in [2.24, 2.45) is 0 Å². The predicted molar refractivity (Wildman–Crippen MR) is 132 cm³/mol. The first-order valence-corrected chi connectivity index (χ1v) is 12.3. The molecule has 0 radical (unpaired) electrons. The first kappa shape index (κ1) is 23.2. The zero-order valence-corrected chi connectivity index (χ0v) is 21.0. The van der Waals surface area contributed by atoms with Crippen LogP contribution in [0.25, 0.3) is 15.9 Å². The van der Waals surface area contributed by atoms with Crippen LogP contribution in [0.1, 0.15) is 47.2 Å². The number of aryl methyl sites for hydroxylation is 4. The van der Waals surface area contributed by atoms with Crippen LogP contribution in [0, 0.1) is 27.7 Å². The molecule has 0 aliphatic rings. The van der Waals surface area contributed by atoms with E-state index < -0.39 is 0 Å². The van der Waals surface area contributed by atoms with Crippen LogP contribution >= 0.6 is 23.1 Å². The number of aromatic nitrogens is 4. The molecular weight excluding hydrogens is 458 g/mol. The van der Waals surface area contributed by atoms with Crippen LogP contribution in [0.15, 0.2) is 32.6 Å². The van der Waals surface area contributed by atoms with Gasteiger partial charge in [0.15, 0.2) is 5.16 Å². The van der Waals surface area contributed by atoms with Crippen molar-refractivity contribution in [2.45, 2.75) is 52.6 Å². The molecule has 0 saturated heterocycles. The van der Waals surface area contributed by atoms with Crippen molar-refractivity contribution in [1.29, 1.82) is 0 Å². The fourth-order valence-electron chi connectivity index (χ4n) is 3.35. The van der Waals surface area contributed by atoms with Gasteiger partial charge in [0.2, 0.25) is 11.8 Å². The number of nitrogens with one attached hydrogen (secondary N) is 1. The highest BCUT2D eigenvalue weighted by Gasteiger charge is 2.20. The SMILES string of the molecule is Cc1ccc(C)c(-n2c(SCC(=O)Nc3nnc(C(C)C)o3)nc3sc(C)c(C)c3c2=O)c1. The maximum Gasteiger partial charge on any atom is 0.322 e. The van der Waals surface area contributed by atoms with Crippen LogP contribution in [0.4, 0.5) is 6.01 Å². The van der Waals surface area contributed by atoms with Crippen molar-refractivity contribution in [1.82, 2.24) is 19.7 Å². The van der Waals surface area contributed by atoms with Crippen LogP contribution in [-0.4, -0.2) is 31.4 Å². The van der Waals surface area contributed by atoms with E-state index >= 15 is 0 Å². The lowest BCUT2D eigenvalue weighted by Gasteiger charge is -2.15. The van der Waals surface area contributed by atoms with Crippen LogP contribution in [0.5, 0.6) is 0 Å². The Hall–Kier alpha value is -2.98. The maximum atomic E-state index is 13.6. The van der Waals surface area contributed by atoms with Gasteiger partial charge in [-0.2, -0.15) is 0 Å². The third kappa shape index (κ3) is 4.58. The topological polar surface area (TPSA) is 103 Å². The standard InChI is InChI=1S/C23H25N5O3S2/c1-11(2)19-26-27-22(31-19)24-17(29)10-32-23-25-20-18(14(5)15(6)33-20)21(30)28(23)16-9-12(3)7-8-13(16)4/h7-9,11H,10H2,1-6H3,(H,24,27,29). The molecule has 0 atom stereocenters. The van der Waals surface area contributed by atoms with E-state index in [9.17, 15) is 9.59 Å². The normalized spacial score (nSPS) is 11.5. The Labute approximate surface area is 199 Å². The molecule has 10 heteroatoms. The quantitative estimate of drug-likeness (QED) is 0.307. The molecule has 0 bridgehead atoms. The van der Waals surface area contributed by atoms with E-state index in [1.165, 1.54) is 23.1 Å². The minimum absolute atomic E-state index is 0.0333. The summed E-state index contributed by atoms with van der Waals surface area (Å²) >= 11 is 2.69. The fraction of sp³-hybridized carbons (Fsp3) is 0.348. The van der Waals surface area contributed by atoms with Gasteiger partial charge >= 0.3 is 6.01 Å². The van der Waals surface area contributed by atoms with Crippen LogP contribution in [-0.2, 0) is 4.79 Å². The molecular formula is C23H25N5O3S2. The molecule has 33 heavy (non-hydrogen) atoms. The Balaban J connectivity index is 1.71. The molecule has 3 aromatic heterocycles. The molecule has 0 unspecified atom stereocenters. The molecule has 4 aromatic rings. The van der Waals surface area contributed by atoms with Gasteiger partial charge in [0.25, 0.3) is 5.56 Å². The van der Waals surface area contributed by atoms with E-state index in [0.717, 1.165) is 27.3 Å². The molecule has 0 spiro atoms. The van der Waals surface area contributed by atoms with E-state index in [-0.39, 0.29) is 29.2 Å². The number of carbonyl (C=O) groups is 1. The maximum absolute atomic E-state index is 13.6. The number of fused-ring (bicyclic) bond motifs is 1. The van der Waals surface area contributed by atoms with Gasteiger partial charge in [-0.05, 0) is 50.5 Å². The molecule has 0 saturated carbocycles. The number of rotatable bonds is 6. The number of carbonyl (C=O) groups excluding carboxylic acids is 1. The van der Waals surface area contributed by atoms with Gasteiger partial charge in [0.05, 0.1) is 16.8 Å². The Morgan fingerprint density at radius 2 is 1.97 bits per heavy atom. The zero-order chi connectivity index (χ0) is 23.9. The van der Waals surface area contributed by atoms with Crippen molar-refractivity contribution in [2.75, 3.05) is 11.1 Å². The predicted octanol–water partition coefficient (Wildman–Crippen LogP) is 4.92. The largest absolute Gasteiger partial charge is 0.408 e. The lowest BCUT2D eigenvalue weighted by molar-refractivity contribution is -0.113. The molecule has 0 aliphatic carbocycles. The minimum atomic E-state index is -0.320. The average molecular weight is 484 g/mol. The second kappa shape index (κ2) is 9.11. The Bertz CT molecular complexity index is 1420. The first-order chi connectivity index (χ1) is 15.7. The second-order valence-corrected chi connectivity index (χ2v) is 10.4. The lowest BCUT2D eigenvalue weighted by Crippen LogP contribution is -2.23. The highest BCUT2D eigenvalue weighted by Crippen LogP contribution is 2.30. The van der Waals surface area contributed by atoms with Crippen molar-refractivity contribution < 1.29 is 9.21 Å². The summed E-state index contributed by atoms with van der Waals surface area (Å²) in [5.41, 5.74) is 3.56. The van der Waals surface area contributed by atoms with E-state index in [2.05, 4.69) is 15.5 Å². The van der Waals surface area contributed by atoms with Gasteiger partial charge < -0.3 is 4.42 Å². The van der Waals surface area contributed by atoms with Crippen molar-refractivity contribution in [3.8, 4) is 5.69 Å². The molecule has 3 heterocycles. The van der Waals surface area contributed by atoms with Crippen molar-refractivity contribution in [3.05, 3.63) is 56.0 Å². The molecule has 172 valence electrons. The van der Waals surface area contributed by atoms with Crippen molar-refractivity contribution >= 4 is 45.2 Å². The number of anilines is 1. The summed E-state index contributed by atoms with van der Waals surface area (Å²) in [6.45, 7) is 11.7. The van der Waals surface area contributed by atoms with Gasteiger partial charge in [0, 0.05) is 10.8 Å². The number of hydrogen-bond donors (Lipinski definition) is 1. The molecule has 8 nitrogen and oxygen atoms in total. The van der Waals surface area contributed by atoms with Gasteiger partial charge in [-0.15, -0.1) is 16.4 Å². The minimum Gasteiger partial charge on any atom is -0.408 e. The first-order valence-electron chi connectivity index (χ1n) is 10.5. The monoisotopic (exact) mass is 483 g/mol. The Morgan fingerprint density at radius 3 is 2.67 bits per heavy atom. The molecule has 0 fully saturated rings. The van der Waals surface area contributed by atoms with E-state index in [1.54, 1.807) is 4.57 Å². The smallest absolute Gasteiger partial charge is 0.322 e. The molecule has 4 rings (SSSR count). The third-order valence-corrected chi connectivity index (χ3v) is 7.33. The summed E-state index contributed by atoms with van der Waals surface area (Å²) in [7, 11) is 0. The number of amides is 1. The number of thioether (sulfide) groups is 1. The Morgan fingerprint density at radius 1 is 1.21 bits per heavy atom. The van der Waals surface area contributed by atoms with Crippen molar-refractivity contribution in [3.63, 3.8) is 0 Å². The average Bonchev–Trinajstić information content (AvgIpc) is 3.33. The summed E-state index contributed by atoms with van der Waals surface area (Å²) < 4.78 is 7.07. The second-order valence-electron chi connectivity index (χ2n) is 8.23. The lowest BCUT2D eigenvalue weighted by atomic mass is 10.1. The summed E-state index contributed by atoms with van der Waals surface area (Å²) in [5, 5.41) is 11.5. The van der Waals surface area contributed by atoms with E-state index in [4.69, 9.17) is 9.40 Å². The summed E-state index contributed by atoms with van der Waals surface area (Å²) in [5.74, 6) is 0.237. The number of benzene rings is 1. The molecule has 1 N–H and O–H groups in total. The van der Waals surface area contributed by atoms with E-state index in [1.807, 2.05) is 59.7 Å². The van der Waals surface area contributed by atoms with Gasteiger partial charge in [-0.25, -0.2) is 4.98 Å². The molecule has 1 aromatic carbocycles.